The number of rotatable bonds is 2. The molecule has 0 unspecified atom stereocenters. The lowest BCUT2D eigenvalue weighted by molar-refractivity contribution is 1.04. The van der Waals surface area contributed by atoms with Gasteiger partial charge in [0.25, 0.3) is 0 Å². The average Bonchev–Trinajstić information content (AvgIpc) is 3.05. The summed E-state index contributed by atoms with van der Waals surface area (Å²) in [6.45, 7) is 0. The molecule has 2 aliphatic heterocycles. The molecular weight excluding hydrogens is 244 g/mol. The van der Waals surface area contributed by atoms with Crippen molar-refractivity contribution in [2.75, 3.05) is 0 Å². The van der Waals surface area contributed by atoms with E-state index < -0.39 is 8.07 Å². The molecule has 0 aromatic heterocycles. The molecule has 1 saturated heterocycles. The van der Waals surface area contributed by atoms with Gasteiger partial charge in [0.2, 0.25) is 0 Å². The van der Waals surface area contributed by atoms with Gasteiger partial charge in [-0.3, -0.25) is 0 Å². The minimum atomic E-state index is -1.76. The zero-order valence-corrected chi connectivity index (χ0v) is 11.8. The Kier molecular flexibility index (Phi) is 2.36. The predicted molar refractivity (Wildman–Crippen MR) is 83.3 cm³/mol. The van der Waals surface area contributed by atoms with Gasteiger partial charge < -0.3 is 0 Å². The van der Waals surface area contributed by atoms with Crippen LogP contribution in [0.5, 0.6) is 0 Å². The fourth-order valence-corrected chi connectivity index (χ4v) is 9.03. The Bertz CT molecular complexity index is 604. The molecule has 2 bridgehead atoms. The first-order valence-corrected chi connectivity index (χ1v) is 8.94. The molecule has 0 spiro atoms. The van der Waals surface area contributed by atoms with Crippen LogP contribution in [-0.4, -0.2) is 8.07 Å². The van der Waals surface area contributed by atoms with Gasteiger partial charge in [-0.25, -0.2) is 0 Å². The van der Waals surface area contributed by atoms with Crippen molar-refractivity contribution in [3.05, 3.63) is 83.2 Å². The molecule has 2 aliphatic rings. The average molecular weight is 260 g/mol. The van der Waals surface area contributed by atoms with Crippen LogP contribution in [0, 0.1) is 0 Å². The molecule has 0 saturated carbocycles. The first-order valence-electron chi connectivity index (χ1n) is 6.94. The highest BCUT2D eigenvalue weighted by atomic mass is 28.3. The summed E-state index contributed by atoms with van der Waals surface area (Å²) < 4.78 is 0. The van der Waals surface area contributed by atoms with Crippen LogP contribution in [0.1, 0.15) is 12.8 Å². The molecular formula is C18H16Si. The summed E-state index contributed by atoms with van der Waals surface area (Å²) in [5.41, 5.74) is 0. The largest absolute Gasteiger partial charge is 0.171 e. The van der Waals surface area contributed by atoms with Gasteiger partial charge in [0.05, 0.1) is 0 Å². The van der Waals surface area contributed by atoms with E-state index in [1.807, 2.05) is 0 Å². The van der Waals surface area contributed by atoms with Gasteiger partial charge in [-0.1, -0.05) is 83.2 Å². The van der Waals surface area contributed by atoms with Crippen molar-refractivity contribution < 1.29 is 0 Å². The van der Waals surface area contributed by atoms with Crippen molar-refractivity contribution in [1.82, 2.24) is 0 Å². The van der Waals surface area contributed by atoms with E-state index in [4.69, 9.17) is 0 Å². The molecule has 92 valence electrons. The van der Waals surface area contributed by atoms with Gasteiger partial charge in [0.1, 0.15) is 0 Å². The molecule has 0 N–H and O–H groups in total. The molecule has 0 radical (unpaired) electrons. The molecule has 1 fully saturated rings. The van der Waals surface area contributed by atoms with Crippen LogP contribution in [-0.2, 0) is 0 Å². The summed E-state index contributed by atoms with van der Waals surface area (Å²) >= 11 is 0. The molecule has 2 aromatic carbocycles. The standard InChI is InChI=1S/C18H16Si/c1-3-7-15(8-4-1)19(16-9-5-2-6-10-16)17-11-12-18(19)14-13-17/h1-12H,13-14H2. The van der Waals surface area contributed by atoms with E-state index in [2.05, 4.69) is 72.8 Å². The molecule has 0 nitrogen and oxygen atoms in total. The van der Waals surface area contributed by atoms with E-state index in [0.717, 1.165) is 0 Å². The maximum Gasteiger partial charge on any atom is 0.171 e. The normalized spacial score (nSPS) is 19.2. The summed E-state index contributed by atoms with van der Waals surface area (Å²) in [7, 11) is -1.76. The lowest BCUT2D eigenvalue weighted by Gasteiger charge is -2.29. The minimum absolute atomic E-state index is 1.27. The third-order valence-corrected chi connectivity index (χ3v) is 9.69. The topological polar surface area (TPSA) is 0 Å². The Morgan fingerprint density at radius 1 is 0.579 bits per heavy atom. The Hall–Kier alpha value is -1.86. The number of hydrogen-bond acceptors (Lipinski definition) is 0. The number of hydrogen-bond donors (Lipinski definition) is 0. The molecule has 2 aromatic rings. The van der Waals surface area contributed by atoms with Crippen LogP contribution in [0.15, 0.2) is 83.2 Å². The van der Waals surface area contributed by atoms with Crippen molar-refractivity contribution in [1.29, 1.82) is 0 Å². The summed E-state index contributed by atoms with van der Waals surface area (Å²) in [5, 5.41) is 6.49. The lowest BCUT2D eigenvalue weighted by Crippen LogP contribution is -2.58. The van der Waals surface area contributed by atoms with E-state index >= 15 is 0 Å². The Labute approximate surface area is 115 Å². The van der Waals surface area contributed by atoms with E-state index in [0.29, 0.717) is 0 Å². The zero-order chi connectivity index (χ0) is 12.7. The Morgan fingerprint density at radius 2 is 1.00 bits per heavy atom. The van der Waals surface area contributed by atoms with Crippen molar-refractivity contribution >= 4 is 18.4 Å². The van der Waals surface area contributed by atoms with Crippen LogP contribution in [0.2, 0.25) is 0 Å². The second-order valence-corrected chi connectivity index (χ2v) is 9.31. The number of fused-ring (bicyclic) bond motifs is 2. The molecule has 2 heterocycles. The monoisotopic (exact) mass is 260 g/mol. The SMILES string of the molecule is C1=C2CCC(=C1)[Si]2(c1ccccc1)c1ccccc1. The van der Waals surface area contributed by atoms with Gasteiger partial charge >= 0.3 is 0 Å². The van der Waals surface area contributed by atoms with Gasteiger partial charge in [0, 0.05) is 0 Å². The molecule has 0 amide bonds. The zero-order valence-electron chi connectivity index (χ0n) is 10.8. The van der Waals surface area contributed by atoms with Crippen LogP contribution < -0.4 is 10.4 Å². The van der Waals surface area contributed by atoms with Crippen molar-refractivity contribution in [3.8, 4) is 0 Å². The fraction of sp³-hybridized carbons (Fsp3) is 0.111. The smallest absolute Gasteiger partial charge is 0.0673 e. The molecule has 0 atom stereocenters. The quantitative estimate of drug-likeness (QED) is 0.728. The third kappa shape index (κ3) is 1.39. The molecule has 4 rings (SSSR count). The van der Waals surface area contributed by atoms with Crippen molar-refractivity contribution in [3.63, 3.8) is 0 Å². The highest BCUT2D eigenvalue weighted by molar-refractivity contribution is 7.13. The highest BCUT2D eigenvalue weighted by Crippen LogP contribution is 2.41. The van der Waals surface area contributed by atoms with Gasteiger partial charge in [-0.15, -0.1) is 0 Å². The summed E-state index contributed by atoms with van der Waals surface area (Å²) in [4.78, 5) is 0. The van der Waals surface area contributed by atoms with E-state index in [-0.39, 0.29) is 0 Å². The summed E-state index contributed by atoms with van der Waals surface area (Å²) in [6.07, 6.45) is 7.32. The van der Waals surface area contributed by atoms with Crippen molar-refractivity contribution in [2.45, 2.75) is 12.8 Å². The van der Waals surface area contributed by atoms with Gasteiger partial charge in [-0.05, 0) is 23.2 Å². The summed E-state index contributed by atoms with van der Waals surface area (Å²) in [5.74, 6) is 0. The predicted octanol–water partition coefficient (Wildman–Crippen LogP) is 2.99. The highest BCUT2D eigenvalue weighted by Gasteiger charge is 2.49. The van der Waals surface area contributed by atoms with Crippen molar-refractivity contribution in [2.24, 2.45) is 0 Å². The first kappa shape index (κ1) is 11.0. The Balaban J connectivity index is 2.02. The van der Waals surface area contributed by atoms with Gasteiger partial charge in [0.15, 0.2) is 8.07 Å². The number of allylic oxidation sites excluding steroid dienone is 4. The van der Waals surface area contributed by atoms with Crippen LogP contribution in [0.3, 0.4) is 0 Å². The minimum Gasteiger partial charge on any atom is -0.0673 e. The van der Waals surface area contributed by atoms with Crippen LogP contribution in [0.25, 0.3) is 0 Å². The van der Waals surface area contributed by atoms with Crippen LogP contribution >= 0.6 is 0 Å². The fourth-order valence-electron chi connectivity index (χ4n) is 3.75. The molecule has 0 aliphatic carbocycles. The second kappa shape index (κ2) is 4.07. The maximum absolute atomic E-state index is 2.39. The van der Waals surface area contributed by atoms with Crippen LogP contribution in [0.4, 0.5) is 0 Å². The molecule has 1 heteroatoms. The first-order chi connectivity index (χ1) is 9.42. The Morgan fingerprint density at radius 3 is 1.37 bits per heavy atom. The number of benzene rings is 2. The van der Waals surface area contributed by atoms with E-state index in [9.17, 15) is 0 Å². The summed E-state index contributed by atoms with van der Waals surface area (Å²) in [6, 6.07) is 22.3. The van der Waals surface area contributed by atoms with E-state index in [1.54, 1.807) is 20.8 Å². The second-order valence-electron chi connectivity index (χ2n) is 5.37. The van der Waals surface area contributed by atoms with E-state index in [1.165, 1.54) is 12.8 Å². The maximum atomic E-state index is 2.39. The lowest BCUT2D eigenvalue weighted by atomic mass is 10.2. The van der Waals surface area contributed by atoms with Gasteiger partial charge in [-0.2, -0.15) is 0 Å². The third-order valence-electron chi connectivity index (χ3n) is 4.53. The molecule has 19 heavy (non-hydrogen) atoms.